The van der Waals surface area contributed by atoms with E-state index >= 15 is 0 Å². The molecule has 6 heteroatoms. The van der Waals surface area contributed by atoms with E-state index in [1.807, 2.05) is 0 Å². The smallest absolute Gasteiger partial charge is 0.312 e. The maximum absolute atomic E-state index is 11.3. The molecule has 0 aliphatic carbocycles. The van der Waals surface area contributed by atoms with Crippen molar-refractivity contribution in [3.63, 3.8) is 0 Å². The summed E-state index contributed by atoms with van der Waals surface area (Å²) in [6, 6.07) is 2.81. The van der Waals surface area contributed by atoms with Gasteiger partial charge in [0.25, 0.3) is 0 Å². The van der Waals surface area contributed by atoms with Crippen LogP contribution in [-0.4, -0.2) is 31.2 Å². The standard InChI is InChI=1S/C11H13ClO5/c1-15-7-5-8(13)11(16-2)9(6-7)17-10(14)3-4-12/h5-6,13H,3-4H2,1-2H3. The van der Waals surface area contributed by atoms with Crippen LogP contribution in [0.3, 0.4) is 0 Å². The van der Waals surface area contributed by atoms with Crippen LogP contribution in [0.5, 0.6) is 23.0 Å². The van der Waals surface area contributed by atoms with Crippen LogP contribution in [0.4, 0.5) is 0 Å². The first-order chi connectivity index (χ1) is 8.12. The van der Waals surface area contributed by atoms with Gasteiger partial charge in [0.15, 0.2) is 11.5 Å². The molecule has 0 unspecified atom stereocenters. The van der Waals surface area contributed by atoms with Crippen LogP contribution < -0.4 is 14.2 Å². The first-order valence-corrected chi connectivity index (χ1v) is 5.37. The van der Waals surface area contributed by atoms with Crippen LogP contribution in [0, 0.1) is 0 Å². The Labute approximate surface area is 104 Å². The molecule has 0 atom stereocenters. The fourth-order valence-electron chi connectivity index (χ4n) is 1.21. The lowest BCUT2D eigenvalue weighted by Gasteiger charge is -2.12. The van der Waals surface area contributed by atoms with E-state index in [1.165, 1.54) is 26.4 Å². The zero-order chi connectivity index (χ0) is 12.8. The van der Waals surface area contributed by atoms with Crippen molar-refractivity contribution in [2.75, 3.05) is 20.1 Å². The maximum atomic E-state index is 11.3. The van der Waals surface area contributed by atoms with Gasteiger partial charge in [-0.15, -0.1) is 11.6 Å². The van der Waals surface area contributed by atoms with E-state index in [0.29, 0.717) is 5.75 Å². The fraction of sp³-hybridized carbons (Fsp3) is 0.364. The number of carbonyl (C=O) groups excluding carboxylic acids is 1. The van der Waals surface area contributed by atoms with Crippen LogP contribution in [0.25, 0.3) is 0 Å². The zero-order valence-corrected chi connectivity index (χ0v) is 10.3. The van der Waals surface area contributed by atoms with Crippen LogP contribution in [0.2, 0.25) is 0 Å². The molecule has 0 spiro atoms. The van der Waals surface area contributed by atoms with Crippen LogP contribution in [0.15, 0.2) is 12.1 Å². The lowest BCUT2D eigenvalue weighted by atomic mass is 10.2. The maximum Gasteiger partial charge on any atom is 0.312 e. The highest BCUT2D eigenvalue weighted by molar-refractivity contribution is 6.18. The number of esters is 1. The van der Waals surface area contributed by atoms with Crippen molar-refractivity contribution in [1.82, 2.24) is 0 Å². The molecule has 0 aliphatic heterocycles. The van der Waals surface area contributed by atoms with Gasteiger partial charge in [-0.05, 0) is 0 Å². The number of carbonyl (C=O) groups is 1. The monoisotopic (exact) mass is 260 g/mol. The molecule has 0 fully saturated rings. The van der Waals surface area contributed by atoms with Crippen LogP contribution >= 0.6 is 11.6 Å². The molecule has 0 heterocycles. The van der Waals surface area contributed by atoms with E-state index < -0.39 is 5.97 Å². The molecule has 0 aliphatic rings. The Morgan fingerprint density at radius 3 is 2.59 bits per heavy atom. The Hall–Kier alpha value is -1.62. The first-order valence-electron chi connectivity index (χ1n) is 4.84. The zero-order valence-electron chi connectivity index (χ0n) is 9.53. The summed E-state index contributed by atoms with van der Waals surface area (Å²) in [5.74, 6) is 0.0218. The number of hydrogen-bond donors (Lipinski definition) is 1. The normalized spacial score (nSPS) is 9.82. The second-order valence-electron chi connectivity index (χ2n) is 3.09. The molecule has 5 nitrogen and oxygen atoms in total. The van der Waals surface area contributed by atoms with E-state index in [2.05, 4.69) is 0 Å². The van der Waals surface area contributed by atoms with Gasteiger partial charge >= 0.3 is 5.97 Å². The largest absolute Gasteiger partial charge is 0.504 e. The van der Waals surface area contributed by atoms with Crippen molar-refractivity contribution in [3.05, 3.63) is 12.1 Å². The number of phenols is 1. The summed E-state index contributed by atoms with van der Waals surface area (Å²) in [6.07, 6.45) is 0.0721. The van der Waals surface area contributed by atoms with Gasteiger partial charge in [0.2, 0.25) is 5.75 Å². The summed E-state index contributed by atoms with van der Waals surface area (Å²) < 4.78 is 14.9. The number of hydrogen-bond acceptors (Lipinski definition) is 5. The first kappa shape index (κ1) is 13.4. The molecule has 94 valence electrons. The second kappa shape index (κ2) is 6.20. The van der Waals surface area contributed by atoms with Gasteiger partial charge in [0.1, 0.15) is 5.75 Å². The summed E-state index contributed by atoms with van der Waals surface area (Å²) in [7, 11) is 2.80. The molecule has 0 aromatic heterocycles. The molecule has 1 aromatic rings. The quantitative estimate of drug-likeness (QED) is 0.498. The molecule has 17 heavy (non-hydrogen) atoms. The molecule has 0 bridgehead atoms. The Bertz CT molecular complexity index is 405. The van der Waals surface area contributed by atoms with Crippen molar-refractivity contribution in [1.29, 1.82) is 0 Å². The molecule has 1 N–H and O–H groups in total. The van der Waals surface area contributed by atoms with Crippen molar-refractivity contribution in [2.24, 2.45) is 0 Å². The van der Waals surface area contributed by atoms with E-state index in [9.17, 15) is 9.90 Å². The molecule has 1 aromatic carbocycles. The van der Waals surface area contributed by atoms with Crippen molar-refractivity contribution in [2.45, 2.75) is 6.42 Å². The van der Waals surface area contributed by atoms with E-state index in [1.54, 1.807) is 0 Å². The van der Waals surface area contributed by atoms with Crippen molar-refractivity contribution in [3.8, 4) is 23.0 Å². The minimum absolute atomic E-state index is 0.0721. The summed E-state index contributed by atoms with van der Waals surface area (Å²) in [4.78, 5) is 11.3. The average molecular weight is 261 g/mol. The number of rotatable bonds is 5. The van der Waals surface area contributed by atoms with Gasteiger partial charge in [-0.3, -0.25) is 4.79 Å². The Balaban J connectivity index is 3.02. The lowest BCUT2D eigenvalue weighted by Crippen LogP contribution is -2.09. The van der Waals surface area contributed by atoms with Crippen LogP contribution in [-0.2, 0) is 4.79 Å². The van der Waals surface area contributed by atoms with Gasteiger partial charge in [-0.25, -0.2) is 0 Å². The molecule has 0 amide bonds. The third-order valence-corrected chi connectivity index (χ3v) is 2.16. The van der Waals surface area contributed by atoms with Gasteiger partial charge < -0.3 is 19.3 Å². The summed E-state index contributed by atoms with van der Waals surface area (Å²) in [6.45, 7) is 0. The molecule has 0 saturated carbocycles. The number of phenolic OH excluding ortho intramolecular Hbond substituents is 1. The summed E-state index contributed by atoms with van der Waals surface area (Å²) in [5.41, 5.74) is 0. The topological polar surface area (TPSA) is 65.0 Å². The minimum atomic E-state index is -0.508. The highest BCUT2D eigenvalue weighted by Crippen LogP contribution is 2.40. The molecule has 0 saturated heterocycles. The van der Waals surface area contributed by atoms with Gasteiger partial charge in [-0.1, -0.05) is 0 Å². The predicted octanol–water partition coefficient (Wildman–Crippen LogP) is 1.94. The van der Waals surface area contributed by atoms with Gasteiger partial charge in [0.05, 0.1) is 20.6 Å². The van der Waals surface area contributed by atoms with E-state index in [-0.39, 0.29) is 29.5 Å². The lowest BCUT2D eigenvalue weighted by molar-refractivity contribution is -0.134. The number of ether oxygens (including phenoxy) is 3. The highest BCUT2D eigenvalue weighted by atomic mass is 35.5. The summed E-state index contributed by atoms with van der Waals surface area (Å²) in [5, 5.41) is 9.62. The third kappa shape index (κ3) is 3.42. The fourth-order valence-corrected chi connectivity index (χ4v) is 1.37. The number of benzene rings is 1. The third-order valence-electron chi connectivity index (χ3n) is 1.97. The van der Waals surface area contributed by atoms with Crippen LogP contribution in [0.1, 0.15) is 6.42 Å². The molecular weight excluding hydrogens is 248 g/mol. The molecular formula is C11H13ClO5. The van der Waals surface area contributed by atoms with Crippen molar-refractivity contribution < 1.29 is 24.1 Å². The number of methoxy groups -OCH3 is 2. The Morgan fingerprint density at radius 2 is 2.06 bits per heavy atom. The predicted molar refractivity (Wildman–Crippen MR) is 62.2 cm³/mol. The summed E-state index contributed by atoms with van der Waals surface area (Å²) >= 11 is 5.42. The highest BCUT2D eigenvalue weighted by Gasteiger charge is 2.15. The number of alkyl halides is 1. The van der Waals surface area contributed by atoms with E-state index in [0.717, 1.165) is 0 Å². The minimum Gasteiger partial charge on any atom is -0.504 e. The van der Waals surface area contributed by atoms with Gasteiger partial charge in [0, 0.05) is 18.0 Å². The Morgan fingerprint density at radius 1 is 1.35 bits per heavy atom. The number of aromatic hydroxyl groups is 1. The average Bonchev–Trinajstić information content (AvgIpc) is 2.28. The molecule has 0 radical (unpaired) electrons. The van der Waals surface area contributed by atoms with Crippen molar-refractivity contribution >= 4 is 17.6 Å². The Kier molecular flexibility index (Phi) is 4.90. The number of halogens is 1. The second-order valence-corrected chi connectivity index (χ2v) is 3.47. The SMILES string of the molecule is COc1cc(O)c(OC)c(OC(=O)CCCl)c1. The van der Waals surface area contributed by atoms with E-state index in [4.69, 9.17) is 25.8 Å². The van der Waals surface area contributed by atoms with Gasteiger partial charge in [-0.2, -0.15) is 0 Å². The molecule has 1 rings (SSSR count).